The Labute approximate surface area is 108 Å². The Morgan fingerprint density at radius 1 is 1.44 bits per heavy atom. The lowest BCUT2D eigenvalue weighted by Crippen LogP contribution is -2.33. The Morgan fingerprint density at radius 2 is 2.11 bits per heavy atom. The molecule has 18 heavy (non-hydrogen) atoms. The maximum atomic E-state index is 12.0. The number of aliphatic hydroxyl groups excluding tert-OH is 1. The van der Waals surface area contributed by atoms with Crippen molar-refractivity contribution in [1.29, 1.82) is 0 Å². The average molecular weight is 250 g/mol. The number of aryl methyl sites for hydroxylation is 1. The second-order valence-corrected chi connectivity index (χ2v) is 5.03. The fraction of sp³-hybridized carbons (Fsp3) is 0.500. The molecule has 1 amide bonds. The van der Waals surface area contributed by atoms with Gasteiger partial charge in [-0.25, -0.2) is 0 Å². The molecule has 4 nitrogen and oxygen atoms in total. The monoisotopic (exact) mass is 250 g/mol. The molecule has 0 aliphatic carbocycles. The number of nitrogens with two attached hydrogens (primary N) is 1. The van der Waals surface area contributed by atoms with Crippen molar-refractivity contribution in [3.8, 4) is 0 Å². The molecule has 4 heteroatoms. The van der Waals surface area contributed by atoms with Crippen LogP contribution in [0.3, 0.4) is 0 Å². The van der Waals surface area contributed by atoms with Gasteiger partial charge in [-0.1, -0.05) is 26.0 Å². The number of carbonyl (C=O) groups excluding carboxylic acids is 1. The summed E-state index contributed by atoms with van der Waals surface area (Å²) in [5.74, 6) is 0.175. The first kappa shape index (κ1) is 14.5. The number of benzene rings is 1. The van der Waals surface area contributed by atoms with Crippen molar-refractivity contribution < 1.29 is 9.90 Å². The van der Waals surface area contributed by atoms with Crippen molar-refractivity contribution in [3.63, 3.8) is 0 Å². The van der Waals surface area contributed by atoms with Crippen LogP contribution in [-0.4, -0.2) is 23.7 Å². The van der Waals surface area contributed by atoms with Gasteiger partial charge in [0.15, 0.2) is 0 Å². The first-order valence-electron chi connectivity index (χ1n) is 6.23. The van der Waals surface area contributed by atoms with Gasteiger partial charge in [-0.15, -0.1) is 0 Å². The summed E-state index contributed by atoms with van der Waals surface area (Å²) in [5, 5.41) is 12.4. The van der Waals surface area contributed by atoms with E-state index in [-0.39, 0.29) is 12.5 Å². The highest BCUT2D eigenvalue weighted by Gasteiger charge is 2.14. The van der Waals surface area contributed by atoms with Crippen LogP contribution in [0.5, 0.6) is 0 Å². The van der Waals surface area contributed by atoms with E-state index in [1.54, 1.807) is 6.07 Å². The van der Waals surface area contributed by atoms with Gasteiger partial charge in [0.25, 0.3) is 5.91 Å². The topological polar surface area (TPSA) is 75.4 Å². The van der Waals surface area contributed by atoms with E-state index < -0.39 is 6.10 Å². The van der Waals surface area contributed by atoms with Crippen molar-refractivity contribution >= 4 is 11.6 Å². The Morgan fingerprint density at radius 3 is 2.67 bits per heavy atom. The van der Waals surface area contributed by atoms with Gasteiger partial charge < -0.3 is 16.2 Å². The molecule has 0 aliphatic rings. The third-order valence-electron chi connectivity index (χ3n) is 2.77. The molecule has 1 aromatic rings. The molecule has 1 unspecified atom stereocenters. The summed E-state index contributed by atoms with van der Waals surface area (Å²) in [6.07, 6.45) is 0.156. The minimum Gasteiger partial charge on any atom is -0.398 e. The Kier molecular flexibility index (Phi) is 5.16. The van der Waals surface area contributed by atoms with Crippen LogP contribution in [0.2, 0.25) is 0 Å². The second-order valence-electron chi connectivity index (χ2n) is 5.03. The number of nitrogens with one attached hydrogen (secondary N) is 1. The summed E-state index contributed by atoms with van der Waals surface area (Å²) in [4.78, 5) is 12.0. The van der Waals surface area contributed by atoms with Crippen molar-refractivity contribution in [2.45, 2.75) is 33.3 Å². The fourth-order valence-electron chi connectivity index (χ4n) is 1.93. The van der Waals surface area contributed by atoms with Crippen LogP contribution in [0, 0.1) is 12.8 Å². The van der Waals surface area contributed by atoms with Crippen LogP contribution >= 0.6 is 0 Å². The minimum absolute atomic E-state index is 0.228. The standard InChI is InChI=1S/C14H22N2O2/c1-9(2)7-11(17)8-16-14(18)13-10(3)5-4-6-12(13)15/h4-6,9,11,17H,7-8,15H2,1-3H3,(H,16,18). The van der Waals surface area contributed by atoms with Gasteiger partial charge in [0.05, 0.1) is 11.7 Å². The number of rotatable bonds is 5. The van der Waals surface area contributed by atoms with Crippen LogP contribution in [0.4, 0.5) is 5.69 Å². The van der Waals surface area contributed by atoms with Crippen molar-refractivity contribution in [2.24, 2.45) is 5.92 Å². The SMILES string of the molecule is Cc1cccc(N)c1C(=O)NCC(O)CC(C)C. The lowest BCUT2D eigenvalue weighted by Gasteiger charge is -2.15. The highest BCUT2D eigenvalue weighted by atomic mass is 16.3. The number of aliphatic hydroxyl groups is 1. The number of hydrogen-bond acceptors (Lipinski definition) is 3. The molecule has 0 heterocycles. The van der Waals surface area contributed by atoms with E-state index in [4.69, 9.17) is 5.73 Å². The molecule has 0 bridgehead atoms. The summed E-state index contributed by atoms with van der Waals surface area (Å²) in [6.45, 7) is 6.16. The molecule has 0 saturated carbocycles. The molecule has 0 saturated heterocycles. The molecule has 0 aliphatic heterocycles. The molecular formula is C14H22N2O2. The fourth-order valence-corrected chi connectivity index (χ4v) is 1.93. The number of amides is 1. The lowest BCUT2D eigenvalue weighted by atomic mass is 10.0. The average Bonchev–Trinajstić information content (AvgIpc) is 2.25. The maximum absolute atomic E-state index is 12.0. The number of hydrogen-bond donors (Lipinski definition) is 3. The van der Waals surface area contributed by atoms with Crippen LogP contribution in [-0.2, 0) is 0 Å². The molecule has 4 N–H and O–H groups in total. The van der Waals surface area contributed by atoms with Crippen molar-refractivity contribution in [2.75, 3.05) is 12.3 Å². The normalized spacial score (nSPS) is 12.5. The molecule has 1 atom stereocenters. The summed E-state index contributed by atoms with van der Waals surface area (Å²) >= 11 is 0. The van der Waals surface area contributed by atoms with E-state index in [0.717, 1.165) is 5.56 Å². The zero-order chi connectivity index (χ0) is 13.7. The minimum atomic E-state index is -0.515. The second kappa shape index (κ2) is 6.40. The van der Waals surface area contributed by atoms with Gasteiger partial charge in [-0.05, 0) is 30.9 Å². The van der Waals surface area contributed by atoms with E-state index in [9.17, 15) is 9.90 Å². The molecule has 1 aromatic carbocycles. The number of nitrogen functional groups attached to an aromatic ring is 1. The molecular weight excluding hydrogens is 228 g/mol. The molecule has 0 spiro atoms. The molecule has 0 aromatic heterocycles. The molecule has 1 rings (SSSR count). The van der Waals surface area contributed by atoms with Crippen LogP contribution in [0.15, 0.2) is 18.2 Å². The third-order valence-corrected chi connectivity index (χ3v) is 2.77. The Balaban J connectivity index is 2.61. The first-order valence-corrected chi connectivity index (χ1v) is 6.23. The number of carbonyl (C=O) groups is 1. The lowest BCUT2D eigenvalue weighted by molar-refractivity contribution is 0.0900. The van der Waals surface area contributed by atoms with E-state index in [1.807, 2.05) is 32.9 Å². The zero-order valence-corrected chi connectivity index (χ0v) is 11.2. The highest BCUT2D eigenvalue weighted by molar-refractivity contribution is 6.00. The van der Waals surface area contributed by atoms with Gasteiger partial charge in [-0.2, -0.15) is 0 Å². The van der Waals surface area contributed by atoms with E-state index in [1.165, 1.54) is 0 Å². The molecule has 0 radical (unpaired) electrons. The predicted octanol–water partition coefficient (Wildman–Crippen LogP) is 1.71. The summed E-state index contributed by atoms with van der Waals surface area (Å²) in [6, 6.07) is 5.36. The summed E-state index contributed by atoms with van der Waals surface area (Å²) < 4.78 is 0. The Bertz CT molecular complexity index is 396. The summed E-state index contributed by atoms with van der Waals surface area (Å²) in [7, 11) is 0. The van der Waals surface area contributed by atoms with Gasteiger partial charge in [0.2, 0.25) is 0 Å². The zero-order valence-electron chi connectivity index (χ0n) is 11.2. The van der Waals surface area contributed by atoms with E-state index >= 15 is 0 Å². The third kappa shape index (κ3) is 4.04. The van der Waals surface area contributed by atoms with Gasteiger partial charge in [0.1, 0.15) is 0 Å². The van der Waals surface area contributed by atoms with Crippen molar-refractivity contribution in [1.82, 2.24) is 5.32 Å². The first-order chi connectivity index (χ1) is 8.41. The molecule has 100 valence electrons. The largest absolute Gasteiger partial charge is 0.398 e. The van der Waals surface area contributed by atoms with Crippen LogP contribution in [0.1, 0.15) is 36.2 Å². The van der Waals surface area contributed by atoms with E-state index in [2.05, 4.69) is 5.32 Å². The van der Waals surface area contributed by atoms with Gasteiger partial charge >= 0.3 is 0 Å². The molecule has 0 fully saturated rings. The van der Waals surface area contributed by atoms with Crippen LogP contribution < -0.4 is 11.1 Å². The quantitative estimate of drug-likeness (QED) is 0.696. The van der Waals surface area contributed by atoms with Crippen molar-refractivity contribution in [3.05, 3.63) is 29.3 Å². The maximum Gasteiger partial charge on any atom is 0.253 e. The summed E-state index contributed by atoms with van der Waals surface area (Å²) in [5.41, 5.74) is 7.58. The van der Waals surface area contributed by atoms with Gasteiger partial charge in [0, 0.05) is 12.2 Å². The Hall–Kier alpha value is -1.55. The van der Waals surface area contributed by atoms with Gasteiger partial charge in [-0.3, -0.25) is 4.79 Å². The predicted molar refractivity (Wildman–Crippen MR) is 73.4 cm³/mol. The smallest absolute Gasteiger partial charge is 0.253 e. The van der Waals surface area contributed by atoms with E-state index in [0.29, 0.717) is 23.6 Å². The highest BCUT2D eigenvalue weighted by Crippen LogP contribution is 2.15. The number of anilines is 1. The van der Waals surface area contributed by atoms with Crippen LogP contribution in [0.25, 0.3) is 0 Å².